The standard InChI is InChI=1S/C9H10Cl2N2O2/c1-15-9(14)7(12)3-5-2-6(10)4-13-8(5)11/h2,4,7H,3,12H2,1H3. The molecule has 1 rings (SSSR count). The Bertz CT molecular complexity index is 371. The van der Waals surface area contributed by atoms with Crippen LogP contribution in [0.3, 0.4) is 0 Å². The summed E-state index contributed by atoms with van der Waals surface area (Å²) < 4.78 is 4.49. The van der Waals surface area contributed by atoms with Crippen molar-refractivity contribution in [3.8, 4) is 0 Å². The van der Waals surface area contributed by atoms with Crippen LogP contribution in [0.15, 0.2) is 12.3 Å². The highest BCUT2D eigenvalue weighted by Crippen LogP contribution is 2.18. The molecule has 1 aromatic rings. The minimum absolute atomic E-state index is 0.249. The van der Waals surface area contributed by atoms with Gasteiger partial charge in [-0.05, 0) is 11.6 Å². The van der Waals surface area contributed by atoms with Crippen molar-refractivity contribution in [2.45, 2.75) is 12.5 Å². The molecule has 0 bridgehead atoms. The fraction of sp³-hybridized carbons (Fsp3) is 0.333. The van der Waals surface area contributed by atoms with Gasteiger partial charge in [0.2, 0.25) is 0 Å². The van der Waals surface area contributed by atoms with E-state index < -0.39 is 12.0 Å². The van der Waals surface area contributed by atoms with E-state index in [1.165, 1.54) is 13.3 Å². The number of rotatable bonds is 3. The van der Waals surface area contributed by atoms with Crippen molar-refractivity contribution in [1.82, 2.24) is 4.98 Å². The number of hydrogen-bond donors (Lipinski definition) is 1. The van der Waals surface area contributed by atoms with Gasteiger partial charge < -0.3 is 10.5 Å². The predicted octanol–water partition coefficient (Wildman–Crippen LogP) is 1.43. The van der Waals surface area contributed by atoms with E-state index in [4.69, 9.17) is 28.9 Å². The first-order valence-corrected chi connectivity index (χ1v) is 4.93. The maximum Gasteiger partial charge on any atom is 0.322 e. The third kappa shape index (κ3) is 3.34. The Morgan fingerprint density at radius 2 is 2.33 bits per heavy atom. The fourth-order valence-electron chi connectivity index (χ4n) is 1.08. The van der Waals surface area contributed by atoms with Crippen LogP contribution in [0.25, 0.3) is 0 Å². The van der Waals surface area contributed by atoms with Crippen LogP contribution < -0.4 is 5.73 Å². The van der Waals surface area contributed by atoms with Crippen LogP contribution in [0.5, 0.6) is 0 Å². The van der Waals surface area contributed by atoms with Crippen LogP contribution in [0.1, 0.15) is 5.56 Å². The van der Waals surface area contributed by atoms with Gasteiger partial charge in [-0.1, -0.05) is 23.2 Å². The van der Waals surface area contributed by atoms with E-state index in [1.54, 1.807) is 6.07 Å². The van der Waals surface area contributed by atoms with Gasteiger partial charge in [-0.25, -0.2) is 4.98 Å². The number of nitrogens with two attached hydrogens (primary N) is 1. The summed E-state index contributed by atoms with van der Waals surface area (Å²) in [6.07, 6.45) is 1.68. The molecule has 15 heavy (non-hydrogen) atoms. The molecule has 1 atom stereocenters. The lowest BCUT2D eigenvalue weighted by Crippen LogP contribution is -2.33. The number of aromatic nitrogens is 1. The SMILES string of the molecule is COC(=O)C(N)Cc1cc(Cl)cnc1Cl. The molecule has 0 saturated heterocycles. The number of carbonyl (C=O) groups excluding carboxylic acids is 1. The number of nitrogens with zero attached hydrogens (tertiary/aromatic N) is 1. The number of ether oxygens (including phenoxy) is 1. The Labute approximate surface area is 97.3 Å². The Morgan fingerprint density at radius 1 is 1.67 bits per heavy atom. The molecule has 82 valence electrons. The molecule has 0 saturated carbocycles. The van der Waals surface area contributed by atoms with E-state index in [9.17, 15) is 4.79 Å². The number of hydrogen-bond acceptors (Lipinski definition) is 4. The van der Waals surface area contributed by atoms with Gasteiger partial charge in [0.1, 0.15) is 11.2 Å². The van der Waals surface area contributed by atoms with Crippen LogP contribution >= 0.6 is 23.2 Å². The van der Waals surface area contributed by atoms with Crippen molar-refractivity contribution < 1.29 is 9.53 Å². The quantitative estimate of drug-likeness (QED) is 0.650. The largest absolute Gasteiger partial charge is 0.468 e. The van der Waals surface area contributed by atoms with Crippen molar-refractivity contribution in [2.24, 2.45) is 5.73 Å². The first-order chi connectivity index (χ1) is 7.04. The molecule has 0 amide bonds. The lowest BCUT2D eigenvalue weighted by atomic mass is 10.1. The van der Waals surface area contributed by atoms with Crippen molar-refractivity contribution in [2.75, 3.05) is 7.11 Å². The smallest absolute Gasteiger partial charge is 0.322 e. The van der Waals surface area contributed by atoms with E-state index in [-0.39, 0.29) is 6.42 Å². The maximum absolute atomic E-state index is 11.1. The topological polar surface area (TPSA) is 65.2 Å². The van der Waals surface area contributed by atoms with Gasteiger partial charge in [0.05, 0.1) is 12.1 Å². The van der Waals surface area contributed by atoms with Gasteiger partial charge in [-0.2, -0.15) is 0 Å². The van der Waals surface area contributed by atoms with Crippen molar-refractivity contribution in [3.05, 3.63) is 28.0 Å². The number of methoxy groups -OCH3 is 1. The molecule has 0 spiro atoms. The van der Waals surface area contributed by atoms with E-state index in [2.05, 4.69) is 9.72 Å². The van der Waals surface area contributed by atoms with Gasteiger partial charge in [0.25, 0.3) is 0 Å². The summed E-state index contributed by atoms with van der Waals surface area (Å²) in [5.41, 5.74) is 6.20. The minimum atomic E-state index is -0.757. The summed E-state index contributed by atoms with van der Waals surface area (Å²) in [7, 11) is 1.28. The van der Waals surface area contributed by atoms with Gasteiger partial charge in [0.15, 0.2) is 0 Å². The maximum atomic E-state index is 11.1. The van der Waals surface area contributed by atoms with Crippen LogP contribution in [0, 0.1) is 0 Å². The third-order valence-electron chi connectivity index (χ3n) is 1.82. The van der Waals surface area contributed by atoms with Crippen molar-refractivity contribution in [1.29, 1.82) is 0 Å². The van der Waals surface area contributed by atoms with E-state index in [1.807, 2.05) is 0 Å². The second kappa shape index (κ2) is 5.30. The van der Waals surface area contributed by atoms with Gasteiger partial charge in [0, 0.05) is 12.6 Å². The second-order valence-corrected chi connectivity index (χ2v) is 3.73. The summed E-state index contributed by atoms with van der Waals surface area (Å²) in [4.78, 5) is 14.9. The number of halogens is 2. The molecule has 0 aromatic carbocycles. The molecule has 0 aliphatic heterocycles. The van der Waals surface area contributed by atoms with Gasteiger partial charge >= 0.3 is 5.97 Å². The molecule has 0 aliphatic rings. The Hall–Kier alpha value is -0.840. The Kier molecular flexibility index (Phi) is 4.32. The molecule has 6 heteroatoms. The van der Waals surface area contributed by atoms with E-state index >= 15 is 0 Å². The molecule has 4 nitrogen and oxygen atoms in total. The predicted molar refractivity (Wildman–Crippen MR) is 58.0 cm³/mol. The molecule has 0 fully saturated rings. The third-order valence-corrected chi connectivity index (χ3v) is 2.37. The molecule has 0 radical (unpaired) electrons. The molecule has 1 unspecified atom stereocenters. The highest BCUT2D eigenvalue weighted by Gasteiger charge is 2.16. The zero-order chi connectivity index (χ0) is 11.4. The molecule has 1 heterocycles. The molecule has 2 N–H and O–H groups in total. The van der Waals surface area contributed by atoms with Crippen molar-refractivity contribution >= 4 is 29.2 Å². The summed E-state index contributed by atoms with van der Waals surface area (Å²) >= 11 is 11.5. The second-order valence-electron chi connectivity index (χ2n) is 2.94. The monoisotopic (exact) mass is 248 g/mol. The average molecular weight is 249 g/mol. The Balaban J connectivity index is 2.80. The van der Waals surface area contributed by atoms with Crippen LogP contribution in [0.2, 0.25) is 10.2 Å². The highest BCUT2D eigenvalue weighted by atomic mass is 35.5. The van der Waals surface area contributed by atoms with Gasteiger partial charge in [-0.15, -0.1) is 0 Å². The highest BCUT2D eigenvalue weighted by molar-refractivity contribution is 6.32. The lowest BCUT2D eigenvalue weighted by molar-refractivity contribution is -0.142. The summed E-state index contributed by atoms with van der Waals surface area (Å²) in [6, 6.07) is 0.868. The van der Waals surface area contributed by atoms with Crippen LogP contribution in [-0.2, 0) is 16.0 Å². The first-order valence-electron chi connectivity index (χ1n) is 4.18. The Morgan fingerprint density at radius 3 is 2.93 bits per heavy atom. The molecular formula is C9H10Cl2N2O2. The average Bonchev–Trinajstić information content (AvgIpc) is 2.22. The normalized spacial score (nSPS) is 12.3. The molecule has 1 aromatic heterocycles. The van der Waals surface area contributed by atoms with Gasteiger partial charge in [-0.3, -0.25) is 4.79 Å². The summed E-state index contributed by atoms with van der Waals surface area (Å²) in [6.45, 7) is 0. The number of carbonyl (C=O) groups is 1. The fourth-order valence-corrected chi connectivity index (χ4v) is 1.44. The zero-order valence-corrected chi connectivity index (χ0v) is 9.55. The van der Waals surface area contributed by atoms with Crippen LogP contribution in [-0.4, -0.2) is 24.1 Å². The minimum Gasteiger partial charge on any atom is -0.468 e. The first kappa shape index (κ1) is 12.2. The summed E-state index contributed by atoms with van der Waals surface area (Å²) in [5, 5.41) is 0.741. The van der Waals surface area contributed by atoms with Crippen molar-refractivity contribution in [3.63, 3.8) is 0 Å². The number of pyridine rings is 1. The molecular weight excluding hydrogens is 239 g/mol. The van der Waals surface area contributed by atoms with E-state index in [0.29, 0.717) is 15.7 Å². The van der Waals surface area contributed by atoms with Crippen LogP contribution in [0.4, 0.5) is 0 Å². The molecule has 0 aliphatic carbocycles. The zero-order valence-electron chi connectivity index (χ0n) is 8.04. The van der Waals surface area contributed by atoms with E-state index in [0.717, 1.165) is 0 Å². The summed E-state index contributed by atoms with van der Waals surface area (Å²) in [5.74, 6) is -0.494. The lowest BCUT2D eigenvalue weighted by Gasteiger charge is -2.09. The number of esters is 1.